The first-order valence-corrected chi connectivity index (χ1v) is 5.53. The quantitative estimate of drug-likeness (QED) is 0.755. The summed E-state index contributed by atoms with van der Waals surface area (Å²) < 4.78 is 0. The van der Waals surface area contributed by atoms with E-state index in [2.05, 4.69) is 25.1 Å². The van der Waals surface area contributed by atoms with Gasteiger partial charge >= 0.3 is 6.92 Å². The van der Waals surface area contributed by atoms with Crippen molar-refractivity contribution in [2.45, 2.75) is 13.7 Å². The Morgan fingerprint density at radius 2 is 1.44 bits per heavy atom. The van der Waals surface area contributed by atoms with Crippen molar-refractivity contribution in [3.63, 3.8) is 0 Å². The van der Waals surface area contributed by atoms with E-state index in [0.29, 0.717) is 0 Å². The predicted octanol–water partition coefficient (Wildman–Crippen LogP) is 2.48. The Kier molecular flexibility index (Phi) is 3.11. The second-order valence-electron chi connectivity index (χ2n) is 4.08. The zero-order valence-corrected chi connectivity index (χ0v) is 9.64. The molecule has 0 saturated heterocycles. The number of hydrogen-bond acceptors (Lipinski definition) is 1. The molecule has 0 heterocycles. The van der Waals surface area contributed by atoms with Gasteiger partial charge in [0.2, 0.25) is 0 Å². The lowest BCUT2D eigenvalue weighted by atomic mass is 9.62. The highest BCUT2D eigenvalue weighted by atomic mass is 16.2. The number of rotatable bonds is 2. The number of aryl methyl sites for hydroxylation is 1. The molecular formula is C14H15BO. The lowest BCUT2D eigenvalue weighted by Gasteiger charge is -2.12. The normalized spacial score (nSPS) is 10.2. The third-order valence-corrected chi connectivity index (χ3v) is 2.85. The van der Waals surface area contributed by atoms with Gasteiger partial charge in [0.1, 0.15) is 0 Å². The fraction of sp³-hybridized carbons (Fsp3) is 0.143. The molecule has 0 aliphatic heterocycles. The third-order valence-electron chi connectivity index (χ3n) is 2.85. The van der Waals surface area contributed by atoms with Gasteiger partial charge in [0.15, 0.2) is 0 Å². The molecule has 2 aromatic carbocycles. The van der Waals surface area contributed by atoms with Crippen LogP contribution in [0.15, 0.2) is 48.5 Å². The van der Waals surface area contributed by atoms with Crippen molar-refractivity contribution in [1.29, 1.82) is 0 Å². The molecule has 0 fully saturated rings. The second kappa shape index (κ2) is 4.54. The highest BCUT2D eigenvalue weighted by Crippen LogP contribution is 2.21. The Labute approximate surface area is 96.9 Å². The van der Waals surface area contributed by atoms with E-state index in [1.165, 1.54) is 11.1 Å². The van der Waals surface area contributed by atoms with Crippen molar-refractivity contribution in [1.82, 2.24) is 0 Å². The molecule has 2 aromatic rings. The van der Waals surface area contributed by atoms with Crippen LogP contribution in [0.3, 0.4) is 0 Å². The molecular weight excluding hydrogens is 195 g/mol. The smallest absolute Gasteiger partial charge is 0.321 e. The van der Waals surface area contributed by atoms with Gasteiger partial charge in [-0.1, -0.05) is 55.4 Å². The Balaban J connectivity index is 2.60. The van der Waals surface area contributed by atoms with Gasteiger partial charge in [0.25, 0.3) is 0 Å². The van der Waals surface area contributed by atoms with Crippen LogP contribution in [0.5, 0.6) is 0 Å². The molecule has 2 rings (SSSR count). The van der Waals surface area contributed by atoms with Crippen LogP contribution in [0.25, 0.3) is 11.1 Å². The van der Waals surface area contributed by atoms with E-state index in [4.69, 9.17) is 0 Å². The van der Waals surface area contributed by atoms with Crippen molar-refractivity contribution >= 4 is 12.4 Å². The molecule has 0 radical (unpaired) electrons. The van der Waals surface area contributed by atoms with Crippen LogP contribution in [0.1, 0.15) is 5.56 Å². The first kappa shape index (κ1) is 11.0. The van der Waals surface area contributed by atoms with Crippen molar-refractivity contribution < 1.29 is 5.02 Å². The first-order chi connectivity index (χ1) is 7.70. The maximum atomic E-state index is 9.76. The molecule has 80 valence electrons. The molecule has 0 aliphatic rings. The molecule has 0 aromatic heterocycles. The summed E-state index contributed by atoms with van der Waals surface area (Å²) >= 11 is 0. The van der Waals surface area contributed by atoms with E-state index in [9.17, 15) is 5.02 Å². The van der Waals surface area contributed by atoms with E-state index in [-0.39, 0.29) is 0 Å². The Hall–Kier alpha value is -1.54. The standard InChI is InChI=1S/C14H15BO/c1-11-7-3-4-8-12(11)13-9-5-6-10-14(13)15(2)16/h3-10,16H,1-2H3. The first-order valence-electron chi connectivity index (χ1n) is 5.53. The average Bonchev–Trinajstić information content (AvgIpc) is 2.29. The molecule has 1 N–H and O–H groups in total. The van der Waals surface area contributed by atoms with E-state index < -0.39 is 6.92 Å². The van der Waals surface area contributed by atoms with Gasteiger partial charge in [-0.05, 0) is 29.1 Å². The molecule has 2 heteroatoms. The van der Waals surface area contributed by atoms with Gasteiger partial charge < -0.3 is 5.02 Å². The lowest BCUT2D eigenvalue weighted by molar-refractivity contribution is 0.594. The summed E-state index contributed by atoms with van der Waals surface area (Å²) in [5, 5.41) is 9.76. The van der Waals surface area contributed by atoms with Crippen molar-refractivity contribution in [3.8, 4) is 11.1 Å². The Bertz CT molecular complexity index is 492. The number of benzene rings is 2. The molecule has 1 nitrogen and oxygen atoms in total. The molecule has 0 spiro atoms. The van der Waals surface area contributed by atoms with E-state index in [1.54, 1.807) is 6.82 Å². The highest BCUT2D eigenvalue weighted by molar-refractivity contribution is 6.66. The molecule has 16 heavy (non-hydrogen) atoms. The summed E-state index contributed by atoms with van der Waals surface area (Å²) in [6.07, 6.45) is 0. The maximum Gasteiger partial charge on any atom is 0.321 e. The van der Waals surface area contributed by atoms with E-state index in [0.717, 1.165) is 11.0 Å². The zero-order chi connectivity index (χ0) is 11.5. The summed E-state index contributed by atoms with van der Waals surface area (Å²) in [6.45, 7) is 3.46. The van der Waals surface area contributed by atoms with E-state index >= 15 is 0 Å². The number of hydrogen-bond donors (Lipinski definition) is 1. The van der Waals surface area contributed by atoms with Crippen LogP contribution < -0.4 is 5.46 Å². The van der Waals surface area contributed by atoms with Crippen molar-refractivity contribution in [3.05, 3.63) is 54.1 Å². The van der Waals surface area contributed by atoms with Crippen LogP contribution in [-0.2, 0) is 0 Å². The average molecular weight is 210 g/mol. The Morgan fingerprint density at radius 3 is 2.06 bits per heavy atom. The zero-order valence-electron chi connectivity index (χ0n) is 9.64. The van der Waals surface area contributed by atoms with Crippen molar-refractivity contribution in [2.24, 2.45) is 0 Å². The minimum atomic E-state index is -0.434. The second-order valence-corrected chi connectivity index (χ2v) is 4.08. The lowest BCUT2D eigenvalue weighted by Crippen LogP contribution is -2.28. The predicted molar refractivity (Wildman–Crippen MR) is 70.1 cm³/mol. The maximum absolute atomic E-state index is 9.76. The molecule has 0 bridgehead atoms. The van der Waals surface area contributed by atoms with Gasteiger partial charge in [0.05, 0.1) is 0 Å². The SMILES string of the molecule is CB(O)c1ccccc1-c1ccccc1C. The van der Waals surface area contributed by atoms with Gasteiger partial charge in [-0.25, -0.2) is 0 Å². The summed E-state index contributed by atoms with van der Waals surface area (Å²) in [5.74, 6) is 0. The van der Waals surface area contributed by atoms with Crippen LogP contribution in [0.2, 0.25) is 6.82 Å². The van der Waals surface area contributed by atoms with Crippen molar-refractivity contribution in [2.75, 3.05) is 0 Å². The van der Waals surface area contributed by atoms with Gasteiger partial charge in [-0.15, -0.1) is 0 Å². The summed E-state index contributed by atoms with van der Waals surface area (Å²) in [6, 6.07) is 16.3. The van der Waals surface area contributed by atoms with Gasteiger partial charge in [-0.3, -0.25) is 0 Å². The van der Waals surface area contributed by atoms with Crippen LogP contribution in [-0.4, -0.2) is 11.9 Å². The molecule has 0 atom stereocenters. The van der Waals surface area contributed by atoms with Crippen LogP contribution >= 0.6 is 0 Å². The van der Waals surface area contributed by atoms with Crippen LogP contribution in [0.4, 0.5) is 0 Å². The van der Waals surface area contributed by atoms with Gasteiger partial charge in [-0.2, -0.15) is 0 Å². The third kappa shape index (κ3) is 2.02. The Morgan fingerprint density at radius 1 is 0.875 bits per heavy atom. The van der Waals surface area contributed by atoms with Crippen LogP contribution in [0, 0.1) is 6.92 Å². The van der Waals surface area contributed by atoms with Gasteiger partial charge in [0, 0.05) is 0 Å². The highest BCUT2D eigenvalue weighted by Gasteiger charge is 2.13. The summed E-state index contributed by atoms with van der Waals surface area (Å²) in [4.78, 5) is 0. The fourth-order valence-corrected chi connectivity index (χ4v) is 1.98. The minimum Gasteiger partial charge on any atom is -0.446 e. The summed E-state index contributed by atoms with van der Waals surface area (Å²) in [5.41, 5.74) is 4.53. The topological polar surface area (TPSA) is 20.2 Å². The van der Waals surface area contributed by atoms with E-state index in [1.807, 2.05) is 30.3 Å². The largest absolute Gasteiger partial charge is 0.446 e. The molecule has 0 saturated carbocycles. The fourth-order valence-electron chi connectivity index (χ4n) is 1.98. The molecule has 0 aliphatic carbocycles. The molecule has 0 unspecified atom stereocenters. The minimum absolute atomic E-state index is 0.434. The molecule has 0 amide bonds. The summed E-state index contributed by atoms with van der Waals surface area (Å²) in [7, 11) is 0. The monoisotopic (exact) mass is 210 g/mol.